The van der Waals surface area contributed by atoms with Crippen molar-refractivity contribution < 1.29 is 23.9 Å². The number of methoxy groups -OCH3 is 1. The average Bonchev–Trinajstić information content (AvgIpc) is 2.53. The number of benzene rings is 1. The van der Waals surface area contributed by atoms with E-state index in [1.807, 2.05) is 30.3 Å². The van der Waals surface area contributed by atoms with Gasteiger partial charge in [0.25, 0.3) is 0 Å². The van der Waals surface area contributed by atoms with Gasteiger partial charge >= 0.3 is 12.1 Å². The van der Waals surface area contributed by atoms with E-state index in [4.69, 9.17) is 4.74 Å². The quantitative estimate of drug-likeness (QED) is 0.615. The summed E-state index contributed by atoms with van der Waals surface area (Å²) in [6.45, 7) is 5.26. The molecule has 1 amide bonds. The number of ether oxygens (including phenoxy) is 2. The molecule has 0 spiro atoms. The van der Waals surface area contributed by atoms with Gasteiger partial charge in [-0.1, -0.05) is 30.3 Å². The molecule has 1 aliphatic heterocycles. The Bertz CT molecular complexity index is 672. The third-order valence-electron chi connectivity index (χ3n) is 3.48. The third-order valence-corrected chi connectivity index (χ3v) is 3.48. The smallest absolute Gasteiger partial charge is 0.414 e. The Hall–Kier alpha value is -2.63. The molecule has 0 saturated carbocycles. The van der Waals surface area contributed by atoms with Crippen LogP contribution in [0.25, 0.3) is 0 Å². The van der Waals surface area contributed by atoms with Crippen LogP contribution in [0.2, 0.25) is 0 Å². The van der Waals surface area contributed by atoms with E-state index >= 15 is 0 Å². The van der Waals surface area contributed by atoms with Crippen LogP contribution in [0.3, 0.4) is 0 Å². The Balaban J connectivity index is 2.43. The Morgan fingerprint density at radius 3 is 2.33 bits per heavy atom. The minimum atomic E-state index is -0.764. The molecule has 0 fully saturated rings. The van der Waals surface area contributed by atoms with Gasteiger partial charge in [-0.3, -0.25) is 9.69 Å². The minimum Gasteiger partial charge on any atom is -0.465 e. The van der Waals surface area contributed by atoms with Crippen LogP contribution in [0, 0.1) is 0 Å². The van der Waals surface area contributed by atoms with Gasteiger partial charge in [0.05, 0.1) is 13.2 Å². The molecule has 1 aromatic rings. The van der Waals surface area contributed by atoms with E-state index in [1.54, 1.807) is 20.8 Å². The maximum absolute atomic E-state index is 12.6. The SMILES string of the molecule is COC(=O)C1=CN(C(=O)OC(C)(C)C)[C@@H](c2ccccc2)CC1=O. The van der Waals surface area contributed by atoms with Gasteiger partial charge in [-0.15, -0.1) is 0 Å². The van der Waals surface area contributed by atoms with Crippen molar-refractivity contribution in [3.63, 3.8) is 0 Å². The molecule has 1 atom stereocenters. The molecule has 0 unspecified atom stereocenters. The van der Waals surface area contributed by atoms with Crippen LogP contribution < -0.4 is 0 Å². The largest absolute Gasteiger partial charge is 0.465 e. The van der Waals surface area contributed by atoms with Crippen LogP contribution in [0.15, 0.2) is 42.1 Å². The van der Waals surface area contributed by atoms with Crippen molar-refractivity contribution in [2.75, 3.05) is 7.11 Å². The van der Waals surface area contributed by atoms with Crippen LogP contribution in [-0.2, 0) is 19.1 Å². The number of carbonyl (C=O) groups excluding carboxylic acids is 3. The number of esters is 1. The van der Waals surface area contributed by atoms with Crippen molar-refractivity contribution >= 4 is 17.8 Å². The predicted molar refractivity (Wildman–Crippen MR) is 87.0 cm³/mol. The Kier molecular flexibility index (Phi) is 5.07. The van der Waals surface area contributed by atoms with Crippen LogP contribution in [-0.4, -0.2) is 35.5 Å². The fourth-order valence-electron chi connectivity index (χ4n) is 2.41. The monoisotopic (exact) mass is 331 g/mol. The highest BCUT2D eigenvalue weighted by molar-refractivity contribution is 6.18. The first kappa shape index (κ1) is 17.7. The molecule has 6 heteroatoms. The second-order valence-corrected chi connectivity index (χ2v) is 6.48. The second kappa shape index (κ2) is 6.86. The van der Waals surface area contributed by atoms with E-state index in [-0.39, 0.29) is 17.8 Å². The summed E-state index contributed by atoms with van der Waals surface area (Å²) < 4.78 is 10.0. The first-order valence-electron chi connectivity index (χ1n) is 7.62. The highest BCUT2D eigenvalue weighted by atomic mass is 16.6. The van der Waals surface area contributed by atoms with E-state index in [0.29, 0.717) is 0 Å². The fraction of sp³-hybridized carbons (Fsp3) is 0.389. The Morgan fingerprint density at radius 2 is 1.79 bits per heavy atom. The lowest BCUT2D eigenvalue weighted by molar-refractivity contribution is -0.138. The molecule has 0 aliphatic carbocycles. The number of nitrogens with zero attached hydrogens (tertiary/aromatic N) is 1. The van der Waals surface area contributed by atoms with E-state index < -0.39 is 23.7 Å². The van der Waals surface area contributed by atoms with Gasteiger partial charge in [-0.25, -0.2) is 9.59 Å². The van der Waals surface area contributed by atoms with Gasteiger partial charge in [0, 0.05) is 12.6 Å². The number of hydrogen-bond acceptors (Lipinski definition) is 5. The summed E-state index contributed by atoms with van der Waals surface area (Å²) in [5.41, 5.74) is -0.0635. The van der Waals surface area contributed by atoms with Crippen molar-refractivity contribution in [2.45, 2.75) is 38.8 Å². The van der Waals surface area contributed by atoms with Crippen molar-refractivity contribution in [1.29, 1.82) is 0 Å². The molecule has 0 aromatic heterocycles. The number of rotatable bonds is 2. The highest BCUT2D eigenvalue weighted by Gasteiger charge is 2.37. The van der Waals surface area contributed by atoms with E-state index in [0.717, 1.165) is 5.56 Å². The molecule has 2 rings (SSSR count). The molecule has 1 aliphatic rings. The molecule has 0 bridgehead atoms. The first-order chi connectivity index (χ1) is 11.2. The molecular formula is C18H21NO5. The maximum atomic E-state index is 12.6. The minimum absolute atomic E-state index is 0.00973. The zero-order chi connectivity index (χ0) is 17.9. The molecule has 0 saturated heterocycles. The van der Waals surface area contributed by atoms with Gasteiger partial charge in [0.2, 0.25) is 0 Å². The topological polar surface area (TPSA) is 72.9 Å². The van der Waals surface area contributed by atoms with E-state index in [1.165, 1.54) is 18.2 Å². The summed E-state index contributed by atoms with van der Waals surface area (Å²) in [6.07, 6.45) is 0.596. The summed E-state index contributed by atoms with van der Waals surface area (Å²) in [6, 6.07) is 8.63. The van der Waals surface area contributed by atoms with Crippen molar-refractivity contribution in [2.24, 2.45) is 0 Å². The van der Waals surface area contributed by atoms with Crippen LogP contribution in [0.4, 0.5) is 4.79 Å². The zero-order valence-electron chi connectivity index (χ0n) is 14.2. The lowest BCUT2D eigenvalue weighted by atomic mass is 9.93. The summed E-state index contributed by atoms with van der Waals surface area (Å²) in [5, 5.41) is 0. The molecule has 0 N–H and O–H groups in total. The van der Waals surface area contributed by atoms with Crippen molar-refractivity contribution in [3.05, 3.63) is 47.7 Å². The third kappa shape index (κ3) is 4.01. The fourth-order valence-corrected chi connectivity index (χ4v) is 2.41. The molecule has 6 nitrogen and oxygen atoms in total. The molecular weight excluding hydrogens is 310 g/mol. The summed E-state index contributed by atoms with van der Waals surface area (Å²) >= 11 is 0. The van der Waals surface area contributed by atoms with E-state index in [9.17, 15) is 14.4 Å². The molecule has 1 aromatic carbocycles. The Labute approximate surface area is 141 Å². The molecule has 128 valence electrons. The van der Waals surface area contributed by atoms with Crippen LogP contribution >= 0.6 is 0 Å². The predicted octanol–water partition coefficient (Wildman–Crippen LogP) is 2.99. The summed E-state index contributed by atoms with van der Waals surface area (Å²) in [7, 11) is 1.19. The molecule has 24 heavy (non-hydrogen) atoms. The Morgan fingerprint density at radius 1 is 1.17 bits per heavy atom. The lowest BCUT2D eigenvalue weighted by Crippen LogP contribution is -2.40. The van der Waals surface area contributed by atoms with Gasteiger partial charge < -0.3 is 9.47 Å². The van der Waals surface area contributed by atoms with Crippen molar-refractivity contribution in [1.82, 2.24) is 4.90 Å². The normalized spacial score (nSPS) is 18.0. The number of Topliss-reactive ketones (excluding diaryl/α,β-unsaturated/α-hetero) is 1. The summed E-state index contributed by atoms with van der Waals surface area (Å²) in [5.74, 6) is -1.13. The lowest BCUT2D eigenvalue weighted by Gasteiger charge is -2.34. The van der Waals surface area contributed by atoms with Crippen molar-refractivity contribution in [3.8, 4) is 0 Å². The first-order valence-corrected chi connectivity index (χ1v) is 7.62. The standard InChI is InChI=1S/C18H21NO5/c1-18(2,3)24-17(22)19-11-13(16(21)23-4)15(20)10-14(19)12-8-6-5-7-9-12/h5-9,11,14H,10H2,1-4H3/t14-/m1/s1. The number of carbonyl (C=O) groups is 3. The van der Waals surface area contributed by atoms with E-state index in [2.05, 4.69) is 4.74 Å². The zero-order valence-corrected chi connectivity index (χ0v) is 14.2. The molecule has 1 heterocycles. The van der Waals surface area contributed by atoms with Gasteiger partial charge in [-0.2, -0.15) is 0 Å². The maximum Gasteiger partial charge on any atom is 0.414 e. The molecule has 0 radical (unpaired) electrons. The van der Waals surface area contributed by atoms with Gasteiger partial charge in [-0.05, 0) is 26.3 Å². The van der Waals surface area contributed by atoms with Gasteiger partial charge in [0.15, 0.2) is 5.78 Å². The van der Waals surface area contributed by atoms with Gasteiger partial charge in [0.1, 0.15) is 11.2 Å². The highest BCUT2D eigenvalue weighted by Crippen LogP contribution is 2.32. The average molecular weight is 331 g/mol. The van der Waals surface area contributed by atoms with Crippen LogP contribution in [0.1, 0.15) is 38.8 Å². The summed E-state index contributed by atoms with van der Waals surface area (Å²) in [4.78, 5) is 37.9. The number of ketones is 1. The number of hydrogen-bond donors (Lipinski definition) is 0. The second-order valence-electron chi connectivity index (χ2n) is 6.48. The number of amides is 1. The van der Waals surface area contributed by atoms with Crippen LogP contribution in [0.5, 0.6) is 0 Å².